The summed E-state index contributed by atoms with van der Waals surface area (Å²) in [5.74, 6) is -6.77. The van der Waals surface area contributed by atoms with E-state index < -0.39 is 48.1 Å². The van der Waals surface area contributed by atoms with Crippen LogP contribution in [-0.2, 0) is 28.8 Å². The number of carbonyl (C=O) groups is 6. The molecule has 0 saturated carbocycles. The zero-order valence-corrected chi connectivity index (χ0v) is 33.7. The molecule has 6 amide bonds. The number of hydrogen-bond donors (Lipinski definition) is 0. The second kappa shape index (κ2) is 24.2. The number of halogens is 9. The Balaban J connectivity index is 0.000000436. The molecule has 0 aliphatic carbocycles. The zero-order chi connectivity index (χ0) is 44.4. The maximum absolute atomic E-state index is 12.7. The molecule has 0 radical (unpaired) electrons. The van der Waals surface area contributed by atoms with Gasteiger partial charge in [-0.25, -0.2) is 0 Å². The molecule has 3 aliphatic rings. The van der Waals surface area contributed by atoms with Crippen LogP contribution in [0, 0.1) is 29.6 Å². The molecule has 3 heterocycles. The summed E-state index contributed by atoms with van der Waals surface area (Å²) in [4.78, 5) is 70.6. The molecule has 0 N–H and O–H groups in total. The van der Waals surface area contributed by atoms with Gasteiger partial charge in [0.1, 0.15) is 0 Å². The van der Waals surface area contributed by atoms with Crippen LogP contribution in [0.5, 0.6) is 0 Å². The van der Waals surface area contributed by atoms with Crippen LogP contribution in [0.25, 0.3) is 0 Å². The Kier molecular flexibility index (Phi) is 21.7. The summed E-state index contributed by atoms with van der Waals surface area (Å²) in [6, 6.07) is 0. The van der Waals surface area contributed by atoms with E-state index in [1.165, 1.54) is 36.5 Å². The molecule has 18 heteroatoms. The summed E-state index contributed by atoms with van der Waals surface area (Å²) in [5.41, 5.74) is 0. The third kappa shape index (κ3) is 18.7. The fraction of sp³-hybridized carbons (Fsp3) is 0.700. The first-order chi connectivity index (χ1) is 26.8. The minimum Gasteiger partial charge on any atom is -0.275 e. The summed E-state index contributed by atoms with van der Waals surface area (Å²) in [5, 5.41) is 0. The highest BCUT2D eigenvalue weighted by Gasteiger charge is 2.41. The number of alkyl halides is 9. The van der Waals surface area contributed by atoms with Gasteiger partial charge in [0, 0.05) is 56.1 Å². The molecule has 9 nitrogen and oxygen atoms in total. The second-order valence-corrected chi connectivity index (χ2v) is 15.3. The van der Waals surface area contributed by atoms with Crippen molar-refractivity contribution in [2.75, 3.05) is 19.6 Å². The number of hydrogen-bond acceptors (Lipinski definition) is 6. The van der Waals surface area contributed by atoms with E-state index in [1.54, 1.807) is 27.7 Å². The van der Waals surface area contributed by atoms with Crippen LogP contribution in [0.15, 0.2) is 36.5 Å². The number of nitrogens with zero attached hydrogens (tertiary/aromatic N) is 3. The summed E-state index contributed by atoms with van der Waals surface area (Å²) >= 11 is 0. The quantitative estimate of drug-likeness (QED) is 0.0687. The maximum Gasteiger partial charge on any atom is 0.392 e. The van der Waals surface area contributed by atoms with Crippen molar-refractivity contribution in [2.24, 2.45) is 29.6 Å². The van der Waals surface area contributed by atoms with Gasteiger partial charge in [0.25, 0.3) is 35.4 Å². The highest BCUT2D eigenvalue weighted by atomic mass is 19.4. The molecule has 0 bridgehead atoms. The highest BCUT2D eigenvalue weighted by molar-refractivity contribution is 6.14. The van der Waals surface area contributed by atoms with Crippen LogP contribution in [0.1, 0.15) is 112 Å². The average molecular weight is 846 g/mol. The SMILES string of the molecule is CC(C)C(CCCCCN1C(=O)C=CC1=O)C(F)(F)F.CC(C)[C@@H](CCCCCN1C(=O)C=CC1=O)C(F)(F)F.C[C@H](CCCCCN1C(=O)C=CC1=O)C(F)(F)F. The predicted molar refractivity (Wildman–Crippen MR) is 197 cm³/mol. The summed E-state index contributed by atoms with van der Waals surface area (Å²) in [7, 11) is 0. The number of rotatable bonds is 20. The van der Waals surface area contributed by atoms with Gasteiger partial charge in [0.2, 0.25) is 0 Å². The summed E-state index contributed by atoms with van der Waals surface area (Å²) in [6.07, 6.45) is -0.194. The van der Waals surface area contributed by atoms with E-state index in [9.17, 15) is 68.3 Å². The van der Waals surface area contributed by atoms with Crippen molar-refractivity contribution in [3.63, 3.8) is 0 Å². The topological polar surface area (TPSA) is 112 Å². The lowest BCUT2D eigenvalue weighted by atomic mass is 9.90. The van der Waals surface area contributed by atoms with E-state index in [0.29, 0.717) is 57.8 Å². The van der Waals surface area contributed by atoms with Crippen molar-refractivity contribution >= 4 is 35.4 Å². The average Bonchev–Trinajstić information content (AvgIpc) is 3.72. The fourth-order valence-electron chi connectivity index (χ4n) is 6.39. The molecular weight excluding hydrogens is 789 g/mol. The molecule has 3 aliphatic heterocycles. The molecule has 0 saturated heterocycles. The lowest BCUT2D eigenvalue weighted by molar-refractivity contribution is -0.188. The Morgan fingerprint density at radius 2 is 0.621 bits per heavy atom. The number of carbonyl (C=O) groups excluding carboxylic acids is 6. The highest BCUT2D eigenvalue weighted by Crippen LogP contribution is 2.37. The molecule has 0 fully saturated rings. The van der Waals surface area contributed by atoms with E-state index in [0.717, 1.165) is 21.6 Å². The minimum absolute atomic E-state index is 0.0869. The van der Waals surface area contributed by atoms with Gasteiger partial charge in [-0.15, -0.1) is 0 Å². The largest absolute Gasteiger partial charge is 0.392 e. The lowest BCUT2D eigenvalue weighted by Gasteiger charge is -2.23. The number of amides is 6. The van der Waals surface area contributed by atoms with E-state index in [1.807, 2.05) is 0 Å². The Labute approximate surface area is 334 Å². The molecule has 0 aromatic heterocycles. The van der Waals surface area contributed by atoms with Crippen molar-refractivity contribution in [3.8, 4) is 0 Å². The summed E-state index contributed by atoms with van der Waals surface area (Å²) in [6.45, 7) is 8.31. The molecule has 58 heavy (non-hydrogen) atoms. The fourth-order valence-corrected chi connectivity index (χ4v) is 6.39. The van der Waals surface area contributed by atoms with Gasteiger partial charge in [-0.2, -0.15) is 39.5 Å². The van der Waals surface area contributed by atoms with E-state index in [-0.39, 0.29) is 74.3 Å². The van der Waals surface area contributed by atoms with Gasteiger partial charge < -0.3 is 0 Å². The smallest absolute Gasteiger partial charge is 0.275 e. The first-order valence-corrected chi connectivity index (χ1v) is 19.6. The van der Waals surface area contributed by atoms with Gasteiger partial charge in [-0.05, 0) is 50.4 Å². The van der Waals surface area contributed by atoms with Gasteiger partial charge in [-0.1, -0.05) is 73.1 Å². The molecule has 0 aromatic carbocycles. The maximum atomic E-state index is 12.7. The monoisotopic (exact) mass is 845 g/mol. The lowest BCUT2D eigenvalue weighted by Crippen LogP contribution is -2.31. The van der Waals surface area contributed by atoms with Gasteiger partial charge in [0.05, 0.1) is 17.8 Å². The second-order valence-electron chi connectivity index (χ2n) is 15.3. The molecule has 3 atom stereocenters. The Morgan fingerprint density at radius 3 is 0.828 bits per heavy atom. The van der Waals surface area contributed by atoms with Crippen LogP contribution >= 0.6 is 0 Å². The molecular formula is C40H56F9N3O6. The third-order valence-electron chi connectivity index (χ3n) is 10.0. The molecule has 0 aromatic rings. The van der Waals surface area contributed by atoms with Crippen molar-refractivity contribution in [3.05, 3.63) is 36.5 Å². The molecule has 3 rings (SSSR count). The standard InChI is InChI=1S/2C14H20F3NO2.C12H16F3NO2/c2*1-10(2)11(14(15,16)17)6-4-3-5-9-18-12(19)7-8-13(18)20;1-9(12(13,14)15)5-3-2-4-8-16-10(17)6-7-11(16)18/h2*7-8,10-11H,3-6,9H2,1-2H3;6-7,9H,2-5,8H2,1H3/t11-;;9-/m1.1/s1. The van der Waals surface area contributed by atoms with Crippen LogP contribution in [0.4, 0.5) is 39.5 Å². The molecule has 0 spiro atoms. The van der Waals surface area contributed by atoms with E-state index >= 15 is 0 Å². The van der Waals surface area contributed by atoms with Crippen LogP contribution in [0.3, 0.4) is 0 Å². The summed E-state index contributed by atoms with van der Waals surface area (Å²) < 4.78 is 113. The predicted octanol–water partition coefficient (Wildman–Crippen LogP) is 9.28. The van der Waals surface area contributed by atoms with Crippen molar-refractivity contribution in [2.45, 2.75) is 130 Å². The number of imide groups is 3. The van der Waals surface area contributed by atoms with Crippen molar-refractivity contribution in [1.29, 1.82) is 0 Å². The normalized spacial score (nSPS) is 17.5. The van der Waals surface area contributed by atoms with Gasteiger partial charge in [0.15, 0.2) is 0 Å². The first kappa shape index (κ1) is 52.0. The van der Waals surface area contributed by atoms with Crippen LogP contribution in [-0.4, -0.2) is 88.3 Å². The Bertz CT molecular complexity index is 1340. The van der Waals surface area contributed by atoms with Gasteiger partial charge in [-0.3, -0.25) is 43.5 Å². The number of unbranched alkanes of at least 4 members (excludes halogenated alkanes) is 6. The third-order valence-corrected chi connectivity index (χ3v) is 10.0. The van der Waals surface area contributed by atoms with E-state index in [2.05, 4.69) is 0 Å². The Morgan fingerprint density at radius 1 is 0.379 bits per heavy atom. The van der Waals surface area contributed by atoms with Crippen molar-refractivity contribution in [1.82, 2.24) is 14.7 Å². The van der Waals surface area contributed by atoms with E-state index in [4.69, 9.17) is 0 Å². The minimum atomic E-state index is -4.15. The van der Waals surface area contributed by atoms with Gasteiger partial charge >= 0.3 is 18.5 Å². The molecule has 1 unspecified atom stereocenters. The van der Waals surface area contributed by atoms with Crippen molar-refractivity contribution < 1.29 is 68.3 Å². The van der Waals surface area contributed by atoms with Crippen LogP contribution < -0.4 is 0 Å². The first-order valence-electron chi connectivity index (χ1n) is 19.6. The zero-order valence-electron chi connectivity index (χ0n) is 33.7. The van der Waals surface area contributed by atoms with Crippen LogP contribution in [0.2, 0.25) is 0 Å². The Hall–Kier alpha value is -3.99. The molecule has 330 valence electrons.